The minimum Gasteiger partial charge on any atom is -0.481 e. The molecule has 19 N–H and O–H groups in total. The van der Waals surface area contributed by atoms with Crippen molar-refractivity contribution in [1.29, 1.82) is 0 Å². The van der Waals surface area contributed by atoms with Crippen LogP contribution in [0, 0.1) is 0 Å². The highest BCUT2D eigenvalue weighted by Gasteiger charge is 2.37. The SMILES string of the molecule is CCCC[C@H](NC(C)=O)C(=O)N[C@@H](CC(=O)O)C(=O)N[C@@H](Cc1cnc[nH]1)C(=O)N[C@H](Cc1ccccc1)C(=O)N[C@@H](CCCN=C(N)N)C(=O)N[C@@H](Cc1c[nH]c2ccccc12)C(=O)N[C@@H](CCCCN)C(=O)NCC(=O)N1CCC[C@H]1C(N)=O. The van der Waals surface area contributed by atoms with Crippen LogP contribution in [0.4, 0.5) is 0 Å². The standard InChI is InChI=1S/C57H81N17O12/c1-3-4-17-40(67-33(2)75)51(81)73-45(28-48(77)78)56(86)72-44(27-36-30-62-32-66-36)55(85)70-42(25-34-14-6-5-7-15-34)53(83)69-41(20-12-23-63-57(60)61)52(82)71-43(26-35-29-64-38-18-9-8-16-37(35)38)54(84)68-39(19-10-11-22-58)50(80)65-31-47(76)74-24-13-21-46(74)49(59)79/h5-9,14-16,18,29-30,32,39-46,64H,3-4,10-13,17,19-28,31,58H2,1-2H3,(H2,59,79)(H,62,66)(H,65,80)(H,67,75)(H,68,84)(H,69,83)(H,70,85)(H,71,82)(H,72,86)(H,73,81)(H,77,78)(H4,60,61,63)/t39-,40-,41-,42+,43-,44-,45-,46-/m0/s1. The minimum atomic E-state index is -1.74. The molecular weight excluding hydrogens is 1110 g/mol. The maximum absolute atomic E-state index is 14.9. The number of carboxylic acid groups (broad SMARTS) is 1. The number of primary amides is 1. The molecule has 466 valence electrons. The maximum Gasteiger partial charge on any atom is 0.305 e. The van der Waals surface area contributed by atoms with Crippen molar-refractivity contribution in [3.63, 3.8) is 0 Å². The third-order valence-electron chi connectivity index (χ3n) is 14.3. The highest BCUT2D eigenvalue weighted by Crippen LogP contribution is 2.21. The molecule has 29 heteroatoms. The smallest absolute Gasteiger partial charge is 0.305 e. The number of imidazole rings is 1. The van der Waals surface area contributed by atoms with Gasteiger partial charge in [0.15, 0.2) is 5.96 Å². The Morgan fingerprint density at radius 3 is 1.83 bits per heavy atom. The number of aliphatic carboxylic acids is 1. The molecule has 3 heterocycles. The van der Waals surface area contributed by atoms with E-state index in [4.69, 9.17) is 22.9 Å². The van der Waals surface area contributed by atoms with Crippen LogP contribution in [0.5, 0.6) is 0 Å². The Kier molecular flexibility index (Phi) is 26.9. The Morgan fingerprint density at radius 2 is 1.22 bits per heavy atom. The summed E-state index contributed by atoms with van der Waals surface area (Å²) in [4.78, 5) is 165. The number of fused-ring (bicyclic) bond motifs is 1. The molecule has 86 heavy (non-hydrogen) atoms. The number of rotatable bonds is 36. The molecule has 29 nitrogen and oxygen atoms in total. The van der Waals surface area contributed by atoms with Crippen LogP contribution >= 0.6 is 0 Å². The summed E-state index contributed by atoms with van der Waals surface area (Å²) in [6, 6.07) is 4.86. The van der Waals surface area contributed by atoms with E-state index >= 15 is 0 Å². The molecule has 0 saturated carbocycles. The van der Waals surface area contributed by atoms with Gasteiger partial charge in [0.1, 0.15) is 48.3 Å². The lowest BCUT2D eigenvalue weighted by Crippen LogP contribution is -2.61. The third kappa shape index (κ3) is 21.7. The van der Waals surface area contributed by atoms with Crippen molar-refractivity contribution in [2.45, 2.75) is 152 Å². The summed E-state index contributed by atoms with van der Waals surface area (Å²) in [5.41, 5.74) is 24.8. The van der Waals surface area contributed by atoms with E-state index in [1.165, 1.54) is 24.3 Å². The number of H-pyrrole nitrogens is 2. The van der Waals surface area contributed by atoms with E-state index in [9.17, 15) is 57.8 Å². The fourth-order valence-electron chi connectivity index (χ4n) is 9.84. The molecule has 1 aliphatic heterocycles. The Bertz CT molecular complexity index is 2990. The lowest BCUT2D eigenvalue weighted by atomic mass is 10.0. The molecule has 5 rings (SSSR count). The Labute approximate surface area is 496 Å². The number of carbonyl (C=O) groups is 11. The number of aromatic nitrogens is 3. The van der Waals surface area contributed by atoms with E-state index in [0.717, 1.165) is 10.9 Å². The zero-order valence-corrected chi connectivity index (χ0v) is 48.4. The first-order valence-corrected chi connectivity index (χ1v) is 28.7. The van der Waals surface area contributed by atoms with Gasteiger partial charge in [0.05, 0.1) is 19.3 Å². The number of nitrogens with zero attached hydrogens (tertiary/aromatic N) is 3. The van der Waals surface area contributed by atoms with Crippen molar-refractivity contribution in [2.75, 3.05) is 26.2 Å². The van der Waals surface area contributed by atoms with E-state index in [0.29, 0.717) is 55.3 Å². The van der Waals surface area contributed by atoms with Crippen LogP contribution in [-0.2, 0) is 72.0 Å². The lowest BCUT2D eigenvalue weighted by Gasteiger charge is -2.28. The number of aliphatic imine (C=N–C) groups is 1. The van der Waals surface area contributed by atoms with Crippen LogP contribution in [0.1, 0.15) is 101 Å². The second-order valence-electron chi connectivity index (χ2n) is 21.0. The summed E-state index contributed by atoms with van der Waals surface area (Å²) in [5.74, 6) is -9.64. The van der Waals surface area contributed by atoms with Gasteiger partial charge in [0, 0.05) is 68.3 Å². The highest BCUT2D eigenvalue weighted by molar-refractivity contribution is 5.99. The van der Waals surface area contributed by atoms with E-state index in [1.807, 2.05) is 25.1 Å². The maximum atomic E-state index is 14.9. The van der Waals surface area contributed by atoms with E-state index < -0.39 is 126 Å². The molecule has 0 bridgehead atoms. The predicted molar refractivity (Wildman–Crippen MR) is 315 cm³/mol. The van der Waals surface area contributed by atoms with Crippen LogP contribution in [-0.4, -0.2) is 170 Å². The van der Waals surface area contributed by atoms with Crippen molar-refractivity contribution in [3.8, 4) is 0 Å². The summed E-state index contributed by atoms with van der Waals surface area (Å²) in [6.45, 7) is 3.11. The Hall–Kier alpha value is -9.41. The largest absolute Gasteiger partial charge is 0.481 e. The molecule has 0 spiro atoms. The van der Waals surface area contributed by atoms with E-state index in [2.05, 4.69) is 62.5 Å². The van der Waals surface area contributed by atoms with Crippen LogP contribution in [0.25, 0.3) is 10.9 Å². The van der Waals surface area contributed by atoms with Crippen LogP contribution in [0.15, 0.2) is 78.3 Å². The number of hydrogen-bond donors (Lipinski definition) is 15. The molecule has 4 aromatic rings. The van der Waals surface area contributed by atoms with Gasteiger partial charge in [-0.15, -0.1) is 0 Å². The predicted octanol–water partition coefficient (Wildman–Crippen LogP) is -2.23. The van der Waals surface area contributed by atoms with Gasteiger partial charge in [-0.1, -0.05) is 68.3 Å². The zero-order valence-electron chi connectivity index (χ0n) is 48.4. The molecule has 10 amide bonds. The molecule has 1 saturated heterocycles. The fourth-order valence-corrected chi connectivity index (χ4v) is 9.84. The van der Waals surface area contributed by atoms with Crippen molar-refractivity contribution < 1.29 is 57.8 Å². The number of carboxylic acids is 1. The lowest BCUT2D eigenvalue weighted by molar-refractivity contribution is -0.141. The molecule has 1 aliphatic rings. The molecule has 0 radical (unpaired) electrons. The van der Waals surface area contributed by atoms with Gasteiger partial charge in [-0.25, -0.2) is 4.98 Å². The number of nitrogens with two attached hydrogens (primary N) is 4. The number of carbonyl (C=O) groups excluding carboxylic acids is 10. The van der Waals surface area contributed by atoms with Crippen molar-refractivity contribution in [2.24, 2.45) is 27.9 Å². The number of guanidine groups is 1. The summed E-state index contributed by atoms with van der Waals surface area (Å²) in [5, 5.41) is 31.6. The van der Waals surface area contributed by atoms with Crippen LogP contribution in [0.2, 0.25) is 0 Å². The number of likely N-dealkylation sites (tertiary alicyclic amines) is 1. The van der Waals surface area contributed by atoms with Crippen LogP contribution in [0.3, 0.4) is 0 Å². The molecule has 2 aromatic heterocycles. The number of nitrogens with one attached hydrogen (secondary N) is 10. The first kappa shape index (κ1) is 67.4. The zero-order chi connectivity index (χ0) is 62.7. The number of unbranched alkanes of at least 4 members (excludes halogenated alkanes) is 2. The number of para-hydroxylation sites is 1. The molecule has 8 atom stereocenters. The summed E-state index contributed by atoms with van der Waals surface area (Å²) < 4.78 is 0. The Balaban J connectivity index is 1.45. The summed E-state index contributed by atoms with van der Waals surface area (Å²) in [6.07, 6.45) is 6.01. The number of benzene rings is 2. The average Bonchev–Trinajstić information content (AvgIpc) is 2.26. The monoisotopic (exact) mass is 1200 g/mol. The summed E-state index contributed by atoms with van der Waals surface area (Å²) >= 11 is 0. The van der Waals surface area contributed by atoms with Crippen molar-refractivity contribution in [1.82, 2.24) is 62.4 Å². The highest BCUT2D eigenvalue weighted by atomic mass is 16.4. The number of aromatic amines is 2. The number of hydrogen-bond acceptors (Lipinski definition) is 14. The van der Waals surface area contributed by atoms with Gasteiger partial charge in [-0.3, -0.25) is 57.7 Å². The normalized spacial score (nSPS) is 15.2. The molecule has 0 unspecified atom stereocenters. The first-order valence-electron chi connectivity index (χ1n) is 28.7. The topological polar surface area (TPSA) is 468 Å². The van der Waals surface area contributed by atoms with Gasteiger partial charge < -0.3 is 85.4 Å². The van der Waals surface area contributed by atoms with E-state index in [1.54, 1.807) is 42.6 Å². The van der Waals surface area contributed by atoms with Crippen molar-refractivity contribution in [3.05, 3.63) is 90.1 Å². The fraction of sp³-hybridized carbons (Fsp3) is 0.491. The van der Waals surface area contributed by atoms with Crippen LogP contribution < -0.4 is 65.5 Å². The molecule has 0 aliphatic carbocycles. The average molecular weight is 1200 g/mol. The number of amides is 10. The van der Waals surface area contributed by atoms with Crippen molar-refractivity contribution >= 4 is 81.9 Å². The minimum absolute atomic E-state index is 0.000595. The molecule has 2 aromatic carbocycles. The van der Waals surface area contributed by atoms with Gasteiger partial charge in [-0.2, -0.15) is 0 Å². The second kappa shape index (κ2) is 34.4. The third-order valence-corrected chi connectivity index (χ3v) is 14.3. The van der Waals surface area contributed by atoms with Gasteiger partial charge in [0.25, 0.3) is 0 Å². The van der Waals surface area contributed by atoms with Gasteiger partial charge >= 0.3 is 5.97 Å². The second-order valence-corrected chi connectivity index (χ2v) is 21.0. The van der Waals surface area contributed by atoms with E-state index in [-0.39, 0.29) is 70.5 Å². The molecule has 1 fully saturated rings. The van der Waals surface area contributed by atoms with Gasteiger partial charge in [0.2, 0.25) is 59.1 Å². The quantitative estimate of drug-likeness (QED) is 0.0130. The van der Waals surface area contributed by atoms with Gasteiger partial charge in [-0.05, 0) is 75.1 Å². The molecular formula is C57H81N17O12. The first-order chi connectivity index (χ1) is 41.2. The Morgan fingerprint density at radius 1 is 0.663 bits per heavy atom. The summed E-state index contributed by atoms with van der Waals surface area (Å²) in [7, 11) is 0.